The Balaban J connectivity index is 1.81. The summed E-state index contributed by atoms with van der Waals surface area (Å²) in [6.45, 7) is 1.96. The van der Waals surface area contributed by atoms with Gasteiger partial charge >= 0.3 is 0 Å². The van der Waals surface area contributed by atoms with Crippen LogP contribution in [0.4, 0.5) is 0 Å². The summed E-state index contributed by atoms with van der Waals surface area (Å²) >= 11 is 12.2. The lowest BCUT2D eigenvalue weighted by atomic mass is 10.1. The van der Waals surface area contributed by atoms with Crippen molar-refractivity contribution in [2.75, 3.05) is 7.05 Å². The van der Waals surface area contributed by atoms with Crippen LogP contribution in [0, 0.1) is 0 Å². The summed E-state index contributed by atoms with van der Waals surface area (Å²) in [5.41, 5.74) is 2.29. The molecular formula is C18H16Cl2N4O. The van der Waals surface area contributed by atoms with E-state index in [0.29, 0.717) is 10.6 Å². The second kappa shape index (κ2) is 7.25. The van der Waals surface area contributed by atoms with Gasteiger partial charge in [-0.15, -0.1) is 0 Å². The second-order valence-corrected chi connectivity index (χ2v) is 6.41. The topological polar surface area (TPSA) is 51.0 Å². The van der Waals surface area contributed by atoms with E-state index in [4.69, 9.17) is 23.2 Å². The Kier molecular flexibility index (Phi) is 5.06. The molecule has 0 saturated carbocycles. The van der Waals surface area contributed by atoms with Gasteiger partial charge < -0.3 is 4.90 Å². The van der Waals surface area contributed by atoms with E-state index in [1.807, 2.05) is 31.2 Å². The Morgan fingerprint density at radius 2 is 1.88 bits per heavy atom. The minimum absolute atomic E-state index is 0.132. The third-order valence-corrected chi connectivity index (χ3v) is 4.96. The largest absolute Gasteiger partial charge is 0.335 e. The fourth-order valence-electron chi connectivity index (χ4n) is 2.51. The number of halogens is 2. The molecule has 5 nitrogen and oxygen atoms in total. The van der Waals surface area contributed by atoms with E-state index in [1.54, 1.807) is 41.2 Å². The number of carbonyl (C=O) groups is 1. The summed E-state index contributed by atoms with van der Waals surface area (Å²) in [7, 11) is 1.75. The first-order valence-electron chi connectivity index (χ1n) is 7.65. The Morgan fingerprint density at radius 1 is 1.16 bits per heavy atom. The standard InChI is InChI=1S/C18H16Cl2N4O/c1-12(13-6-8-14(9-7-13)24-11-21-10-22-24)23(2)18(25)15-4-3-5-16(19)17(15)20/h3-12H,1-2H3. The van der Waals surface area contributed by atoms with Crippen molar-refractivity contribution >= 4 is 29.1 Å². The van der Waals surface area contributed by atoms with Gasteiger partial charge in [0.05, 0.1) is 27.3 Å². The molecule has 0 saturated heterocycles. The fourth-order valence-corrected chi connectivity index (χ4v) is 2.89. The molecule has 0 fully saturated rings. The molecule has 25 heavy (non-hydrogen) atoms. The molecule has 3 aromatic rings. The molecule has 0 aliphatic carbocycles. The molecule has 1 heterocycles. The second-order valence-electron chi connectivity index (χ2n) is 5.62. The number of carbonyl (C=O) groups excluding carboxylic acids is 1. The van der Waals surface area contributed by atoms with Crippen LogP contribution in [0.15, 0.2) is 55.1 Å². The summed E-state index contributed by atoms with van der Waals surface area (Å²) in [5, 5.41) is 4.74. The third kappa shape index (κ3) is 3.52. The van der Waals surface area contributed by atoms with Crippen molar-refractivity contribution in [3.8, 4) is 5.69 Å². The van der Waals surface area contributed by atoms with Gasteiger partial charge in [-0.3, -0.25) is 4.79 Å². The van der Waals surface area contributed by atoms with Gasteiger partial charge in [0.2, 0.25) is 0 Å². The zero-order valence-electron chi connectivity index (χ0n) is 13.7. The van der Waals surface area contributed by atoms with E-state index in [0.717, 1.165) is 11.3 Å². The molecule has 128 valence electrons. The quantitative estimate of drug-likeness (QED) is 0.679. The van der Waals surface area contributed by atoms with E-state index < -0.39 is 0 Å². The normalized spacial score (nSPS) is 12.0. The predicted molar refractivity (Wildman–Crippen MR) is 98.3 cm³/mol. The molecule has 0 radical (unpaired) electrons. The molecule has 3 rings (SSSR count). The number of hydrogen-bond acceptors (Lipinski definition) is 3. The third-order valence-electron chi connectivity index (χ3n) is 4.14. The summed E-state index contributed by atoms with van der Waals surface area (Å²) in [5.74, 6) is -0.180. The van der Waals surface area contributed by atoms with Crippen molar-refractivity contribution in [3.05, 3.63) is 76.3 Å². The van der Waals surface area contributed by atoms with Gasteiger partial charge in [-0.05, 0) is 36.8 Å². The molecule has 1 atom stereocenters. The number of benzene rings is 2. The number of aromatic nitrogens is 3. The molecule has 2 aromatic carbocycles. The van der Waals surface area contributed by atoms with Crippen LogP contribution >= 0.6 is 23.2 Å². The monoisotopic (exact) mass is 374 g/mol. The Labute approximate surface area is 155 Å². The van der Waals surface area contributed by atoms with Crippen molar-refractivity contribution in [2.45, 2.75) is 13.0 Å². The summed E-state index contributed by atoms with van der Waals surface area (Å²) < 4.78 is 1.68. The number of rotatable bonds is 4. The minimum Gasteiger partial charge on any atom is -0.335 e. The molecule has 0 N–H and O–H groups in total. The van der Waals surface area contributed by atoms with Crippen LogP contribution in [-0.4, -0.2) is 32.6 Å². The first kappa shape index (κ1) is 17.5. The van der Waals surface area contributed by atoms with Crippen molar-refractivity contribution in [1.29, 1.82) is 0 Å². The number of amides is 1. The molecule has 7 heteroatoms. The highest BCUT2D eigenvalue weighted by molar-refractivity contribution is 6.43. The SMILES string of the molecule is CC(c1ccc(-n2cncn2)cc1)N(C)C(=O)c1cccc(Cl)c1Cl. The maximum atomic E-state index is 12.7. The summed E-state index contributed by atoms with van der Waals surface area (Å²) in [4.78, 5) is 18.3. The van der Waals surface area contributed by atoms with E-state index in [1.165, 1.54) is 6.33 Å². The molecule has 1 amide bonds. The predicted octanol–water partition coefficient (Wildman–Crippen LogP) is 4.41. The van der Waals surface area contributed by atoms with Crippen LogP contribution in [0.3, 0.4) is 0 Å². The van der Waals surface area contributed by atoms with Crippen LogP contribution in [0.1, 0.15) is 28.9 Å². The molecule has 1 unspecified atom stereocenters. The van der Waals surface area contributed by atoms with Gasteiger partial charge in [0.15, 0.2) is 0 Å². The smallest absolute Gasteiger partial charge is 0.255 e. The number of hydrogen-bond donors (Lipinski definition) is 0. The van der Waals surface area contributed by atoms with Gasteiger partial charge in [-0.2, -0.15) is 5.10 Å². The zero-order valence-corrected chi connectivity index (χ0v) is 15.2. The lowest BCUT2D eigenvalue weighted by molar-refractivity contribution is 0.0743. The van der Waals surface area contributed by atoms with E-state index in [2.05, 4.69) is 10.1 Å². The highest BCUT2D eigenvalue weighted by atomic mass is 35.5. The average Bonchev–Trinajstić information content (AvgIpc) is 3.17. The van der Waals surface area contributed by atoms with Crippen LogP contribution in [0.5, 0.6) is 0 Å². The molecule has 0 aliphatic heterocycles. The van der Waals surface area contributed by atoms with Gasteiger partial charge in [0.1, 0.15) is 12.7 Å². The number of nitrogens with zero attached hydrogens (tertiary/aromatic N) is 4. The van der Waals surface area contributed by atoms with E-state index >= 15 is 0 Å². The molecule has 0 bridgehead atoms. The van der Waals surface area contributed by atoms with Crippen molar-refractivity contribution in [1.82, 2.24) is 19.7 Å². The Hall–Kier alpha value is -2.37. The van der Waals surface area contributed by atoms with Crippen molar-refractivity contribution in [3.63, 3.8) is 0 Å². The summed E-state index contributed by atoms with van der Waals surface area (Å²) in [6, 6.07) is 12.7. The maximum absolute atomic E-state index is 12.7. The Bertz CT molecular complexity index is 879. The van der Waals surface area contributed by atoms with Gasteiger partial charge in [0.25, 0.3) is 5.91 Å². The van der Waals surface area contributed by atoms with Crippen LogP contribution in [0.25, 0.3) is 5.69 Å². The average molecular weight is 375 g/mol. The van der Waals surface area contributed by atoms with E-state index in [9.17, 15) is 4.79 Å². The first-order valence-corrected chi connectivity index (χ1v) is 8.40. The zero-order chi connectivity index (χ0) is 18.0. The maximum Gasteiger partial charge on any atom is 0.255 e. The van der Waals surface area contributed by atoms with Crippen molar-refractivity contribution < 1.29 is 4.79 Å². The molecule has 0 spiro atoms. The molecule has 0 aliphatic rings. The van der Waals surface area contributed by atoms with E-state index in [-0.39, 0.29) is 17.0 Å². The highest BCUT2D eigenvalue weighted by Crippen LogP contribution is 2.29. The van der Waals surface area contributed by atoms with Gasteiger partial charge in [-0.1, -0.05) is 41.4 Å². The molecule has 1 aromatic heterocycles. The first-order chi connectivity index (χ1) is 12.0. The fraction of sp³-hybridized carbons (Fsp3) is 0.167. The van der Waals surface area contributed by atoms with Crippen LogP contribution in [0.2, 0.25) is 10.0 Å². The van der Waals surface area contributed by atoms with Crippen LogP contribution < -0.4 is 0 Å². The molecular weight excluding hydrogens is 359 g/mol. The lowest BCUT2D eigenvalue weighted by Gasteiger charge is -2.26. The summed E-state index contributed by atoms with van der Waals surface area (Å²) in [6.07, 6.45) is 3.12. The van der Waals surface area contributed by atoms with Crippen molar-refractivity contribution in [2.24, 2.45) is 0 Å². The minimum atomic E-state index is -0.180. The Morgan fingerprint density at radius 3 is 2.52 bits per heavy atom. The van der Waals surface area contributed by atoms with Gasteiger partial charge in [-0.25, -0.2) is 9.67 Å². The van der Waals surface area contributed by atoms with Gasteiger partial charge in [0, 0.05) is 7.05 Å². The highest BCUT2D eigenvalue weighted by Gasteiger charge is 2.21. The van der Waals surface area contributed by atoms with Crippen LogP contribution in [-0.2, 0) is 0 Å². The lowest BCUT2D eigenvalue weighted by Crippen LogP contribution is -2.29.